The zero-order valence-electron chi connectivity index (χ0n) is 11.5. The summed E-state index contributed by atoms with van der Waals surface area (Å²) in [4.78, 5) is 2.24. The summed E-state index contributed by atoms with van der Waals surface area (Å²) in [7, 11) is 3.73. The van der Waals surface area contributed by atoms with Crippen LogP contribution in [0, 0.1) is 5.92 Å². The molecule has 1 aliphatic carbocycles. The Hall–Kier alpha value is -1.06. The van der Waals surface area contributed by atoms with Crippen LogP contribution in [0.4, 0.5) is 0 Å². The highest BCUT2D eigenvalue weighted by molar-refractivity contribution is 5.35. The van der Waals surface area contributed by atoms with Crippen LogP contribution in [0.2, 0.25) is 0 Å². The van der Waals surface area contributed by atoms with E-state index < -0.39 is 6.10 Å². The van der Waals surface area contributed by atoms with E-state index >= 15 is 0 Å². The Bertz CT molecular complexity index is 390. The highest BCUT2D eigenvalue weighted by atomic mass is 16.5. The first kappa shape index (κ1) is 13.4. The number of ether oxygens (including phenoxy) is 1. The maximum atomic E-state index is 10.3. The summed E-state index contributed by atoms with van der Waals surface area (Å²) in [6, 6.07) is 8.23. The molecule has 0 aliphatic heterocycles. The molecular formula is C15H23NO2. The molecule has 1 aromatic carbocycles. The van der Waals surface area contributed by atoms with Gasteiger partial charge in [-0.05, 0) is 38.8 Å². The molecule has 2 unspecified atom stereocenters. The van der Waals surface area contributed by atoms with Crippen molar-refractivity contribution in [2.24, 2.45) is 5.92 Å². The van der Waals surface area contributed by atoms with Crippen molar-refractivity contribution in [2.75, 3.05) is 20.7 Å². The van der Waals surface area contributed by atoms with Crippen LogP contribution >= 0.6 is 0 Å². The number of nitrogens with zero attached hydrogens (tertiary/aromatic N) is 1. The van der Waals surface area contributed by atoms with Crippen LogP contribution in [-0.4, -0.2) is 36.8 Å². The largest absolute Gasteiger partial charge is 0.496 e. The topological polar surface area (TPSA) is 32.7 Å². The number of rotatable bonds is 6. The molecule has 0 radical (unpaired) electrons. The van der Waals surface area contributed by atoms with Gasteiger partial charge in [0.2, 0.25) is 0 Å². The molecule has 1 N–H and O–H groups in total. The Morgan fingerprint density at radius 1 is 1.39 bits per heavy atom. The highest BCUT2D eigenvalue weighted by Gasteiger charge is 2.31. The summed E-state index contributed by atoms with van der Waals surface area (Å²) in [6.45, 7) is 2.89. The Morgan fingerprint density at radius 3 is 2.67 bits per heavy atom. The first-order valence-corrected chi connectivity index (χ1v) is 6.64. The quantitative estimate of drug-likeness (QED) is 0.840. The predicted molar refractivity (Wildman–Crippen MR) is 72.8 cm³/mol. The van der Waals surface area contributed by atoms with Crippen molar-refractivity contribution < 1.29 is 9.84 Å². The number of likely N-dealkylation sites (N-methyl/N-ethyl adjacent to an activating group) is 1. The lowest BCUT2D eigenvalue weighted by Gasteiger charge is -2.27. The summed E-state index contributed by atoms with van der Waals surface area (Å²) >= 11 is 0. The molecule has 0 amide bonds. The highest BCUT2D eigenvalue weighted by Crippen LogP contribution is 2.35. The van der Waals surface area contributed by atoms with E-state index in [1.165, 1.54) is 12.8 Å². The minimum atomic E-state index is -0.493. The van der Waals surface area contributed by atoms with E-state index in [9.17, 15) is 5.11 Å². The molecule has 3 nitrogen and oxygen atoms in total. The van der Waals surface area contributed by atoms with Crippen molar-refractivity contribution in [1.82, 2.24) is 4.90 Å². The zero-order chi connectivity index (χ0) is 13.1. The van der Waals surface area contributed by atoms with Crippen LogP contribution in [0.1, 0.15) is 31.4 Å². The first-order valence-electron chi connectivity index (χ1n) is 6.64. The first-order chi connectivity index (χ1) is 8.63. The lowest BCUT2D eigenvalue weighted by Crippen LogP contribution is -2.34. The number of benzene rings is 1. The molecule has 2 atom stereocenters. The van der Waals surface area contributed by atoms with Gasteiger partial charge >= 0.3 is 0 Å². The van der Waals surface area contributed by atoms with Crippen molar-refractivity contribution >= 4 is 0 Å². The predicted octanol–water partition coefficient (Wildman–Crippen LogP) is 2.46. The Labute approximate surface area is 109 Å². The van der Waals surface area contributed by atoms with Crippen LogP contribution in [0.3, 0.4) is 0 Å². The number of aliphatic hydroxyl groups is 1. The van der Waals surface area contributed by atoms with Gasteiger partial charge in [0.25, 0.3) is 0 Å². The van der Waals surface area contributed by atoms with Gasteiger partial charge in [-0.1, -0.05) is 18.2 Å². The van der Waals surface area contributed by atoms with E-state index in [4.69, 9.17) is 4.74 Å². The van der Waals surface area contributed by atoms with Gasteiger partial charge in [-0.3, -0.25) is 0 Å². The van der Waals surface area contributed by atoms with Crippen molar-refractivity contribution in [2.45, 2.75) is 31.9 Å². The summed E-state index contributed by atoms with van der Waals surface area (Å²) < 4.78 is 5.29. The number of aliphatic hydroxyl groups excluding tert-OH is 1. The second-order valence-electron chi connectivity index (χ2n) is 5.28. The number of para-hydroxylation sites is 1. The van der Waals surface area contributed by atoms with E-state index in [0.717, 1.165) is 17.2 Å². The molecule has 0 heterocycles. The van der Waals surface area contributed by atoms with Crippen LogP contribution in [0.5, 0.6) is 5.75 Å². The van der Waals surface area contributed by atoms with Crippen LogP contribution < -0.4 is 4.74 Å². The normalized spacial score (nSPS) is 18.7. The standard InChI is InChI=1S/C15H23NO2/c1-11(12-8-9-12)16(2)10-14(17)13-6-4-5-7-15(13)18-3/h4-7,11-12,14,17H,8-10H2,1-3H3. The van der Waals surface area contributed by atoms with E-state index in [1.807, 2.05) is 24.3 Å². The van der Waals surface area contributed by atoms with Gasteiger partial charge in [0.15, 0.2) is 0 Å². The molecule has 1 fully saturated rings. The van der Waals surface area contributed by atoms with Crippen molar-refractivity contribution in [3.8, 4) is 5.75 Å². The smallest absolute Gasteiger partial charge is 0.124 e. The van der Waals surface area contributed by atoms with Crippen molar-refractivity contribution in [3.63, 3.8) is 0 Å². The lowest BCUT2D eigenvalue weighted by molar-refractivity contribution is 0.100. The maximum absolute atomic E-state index is 10.3. The fourth-order valence-corrected chi connectivity index (χ4v) is 2.42. The minimum Gasteiger partial charge on any atom is -0.496 e. The van der Waals surface area contributed by atoms with Crippen LogP contribution in [0.15, 0.2) is 24.3 Å². The number of methoxy groups -OCH3 is 1. The summed E-state index contributed by atoms with van der Waals surface area (Å²) in [5, 5.41) is 10.3. The third-order valence-electron chi connectivity index (χ3n) is 3.96. The fraction of sp³-hybridized carbons (Fsp3) is 0.600. The molecule has 1 aliphatic rings. The van der Waals surface area contributed by atoms with Crippen LogP contribution in [-0.2, 0) is 0 Å². The Kier molecular flexibility index (Phi) is 4.25. The average Bonchev–Trinajstić information content (AvgIpc) is 3.21. The number of hydrogen-bond acceptors (Lipinski definition) is 3. The van der Waals surface area contributed by atoms with Gasteiger partial charge in [-0.25, -0.2) is 0 Å². The SMILES string of the molecule is COc1ccccc1C(O)CN(C)C(C)C1CC1. The molecule has 18 heavy (non-hydrogen) atoms. The van der Waals surface area contributed by atoms with Gasteiger partial charge in [-0.15, -0.1) is 0 Å². The van der Waals surface area contributed by atoms with E-state index in [1.54, 1.807) is 7.11 Å². The van der Waals surface area contributed by atoms with Gasteiger partial charge in [0.05, 0.1) is 13.2 Å². The van der Waals surface area contributed by atoms with Crippen LogP contribution in [0.25, 0.3) is 0 Å². The summed E-state index contributed by atoms with van der Waals surface area (Å²) in [5.41, 5.74) is 0.870. The Morgan fingerprint density at radius 2 is 2.06 bits per heavy atom. The number of hydrogen-bond donors (Lipinski definition) is 1. The molecule has 2 rings (SSSR count). The van der Waals surface area contributed by atoms with Gasteiger partial charge in [0.1, 0.15) is 5.75 Å². The molecule has 100 valence electrons. The maximum Gasteiger partial charge on any atom is 0.124 e. The monoisotopic (exact) mass is 249 g/mol. The molecule has 0 spiro atoms. The molecule has 0 aromatic heterocycles. The van der Waals surface area contributed by atoms with E-state index in [2.05, 4.69) is 18.9 Å². The second-order valence-corrected chi connectivity index (χ2v) is 5.28. The van der Waals surface area contributed by atoms with Gasteiger partial charge in [-0.2, -0.15) is 0 Å². The molecule has 1 aromatic rings. The van der Waals surface area contributed by atoms with Crippen molar-refractivity contribution in [3.05, 3.63) is 29.8 Å². The Balaban J connectivity index is 1.99. The molecule has 0 bridgehead atoms. The molecule has 3 heteroatoms. The lowest BCUT2D eigenvalue weighted by atomic mass is 10.1. The average molecular weight is 249 g/mol. The molecule has 0 saturated heterocycles. The zero-order valence-corrected chi connectivity index (χ0v) is 11.5. The third kappa shape index (κ3) is 3.03. The van der Waals surface area contributed by atoms with E-state index in [0.29, 0.717) is 12.6 Å². The molecule has 1 saturated carbocycles. The van der Waals surface area contributed by atoms with Gasteiger partial charge in [0, 0.05) is 18.2 Å². The third-order valence-corrected chi connectivity index (χ3v) is 3.96. The summed E-state index contributed by atoms with van der Waals surface area (Å²) in [5.74, 6) is 1.58. The fourth-order valence-electron chi connectivity index (χ4n) is 2.42. The second kappa shape index (κ2) is 5.72. The van der Waals surface area contributed by atoms with Crippen molar-refractivity contribution in [1.29, 1.82) is 0 Å². The molecular weight excluding hydrogens is 226 g/mol. The van der Waals surface area contributed by atoms with E-state index in [-0.39, 0.29) is 0 Å². The summed E-state index contributed by atoms with van der Waals surface area (Å²) in [6.07, 6.45) is 2.17. The van der Waals surface area contributed by atoms with Gasteiger partial charge < -0.3 is 14.7 Å². The minimum absolute atomic E-state index is 0.493.